The van der Waals surface area contributed by atoms with E-state index in [4.69, 9.17) is 4.74 Å². The van der Waals surface area contributed by atoms with Gasteiger partial charge in [0, 0.05) is 25.3 Å². The van der Waals surface area contributed by atoms with Crippen LogP contribution in [0, 0.1) is 0 Å². The summed E-state index contributed by atoms with van der Waals surface area (Å²) >= 11 is 3.68. The number of hydrogen-bond acceptors (Lipinski definition) is 4. The predicted molar refractivity (Wildman–Crippen MR) is 75.3 cm³/mol. The van der Waals surface area contributed by atoms with Gasteiger partial charge in [0.15, 0.2) is 0 Å². The third kappa shape index (κ3) is 2.84. The Kier molecular flexibility index (Phi) is 4.24. The standard InChI is InChI=1S/C13H17BrN2O2/c1-15-6-7-16(12(14)9-15)11-5-3-4-10(8-11)13(17)18-2/h3-5,8,12H,6-7,9H2,1-2H3. The largest absolute Gasteiger partial charge is 0.465 e. The molecule has 1 aliphatic heterocycles. The highest BCUT2D eigenvalue weighted by atomic mass is 79.9. The van der Waals surface area contributed by atoms with E-state index in [1.54, 1.807) is 6.07 Å². The van der Waals surface area contributed by atoms with Crippen LogP contribution in [0.4, 0.5) is 5.69 Å². The Labute approximate surface area is 116 Å². The van der Waals surface area contributed by atoms with E-state index in [9.17, 15) is 4.79 Å². The topological polar surface area (TPSA) is 32.8 Å². The molecule has 1 atom stereocenters. The molecule has 0 aliphatic carbocycles. The molecular formula is C13H17BrN2O2. The first-order valence-electron chi connectivity index (χ1n) is 5.89. The molecule has 0 amide bonds. The molecule has 0 N–H and O–H groups in total. The molecule has 0 aromatic heterocycles. The van der Waals surface area contributed by atoms with Crippen molar-refractivity contribution in [2.45, 2.75) is 4.95 Å². The number of ether oxygens (including phenoxy) is 1. The molecule has 1 saturated heterocycles. The Morgan fingerprint density at radius 3 is 2.89 bits per heavy atom. The quantitative estimate of drug-likeness (QED) is 0.475. The smallest absolute Gasteiger partial charge is 0.337 e. The number of piperazine rings is 1. The average Bonchev–Trinajstić information content (AvgIpc) is 2.38. The van der Waals surface area contributed by atoms with Gasteiger partial charge in [0.2, 0.25) is 0 Å². The number of likely N-dealkylation sites (N-methyl/N-ethyl adjacent to an activating group) is 1. The summed E-state index contributed by atoms with van der Waals surface area (Å²) in [5.74, 6) is -0.294. The fourth-order valence-electron chi connectivity index (χ4n) is 2.09. The van der Waals surface area contributed by atoms with Crippen LogP contribution in [0.5, 0.6) is 0 Å². The van der Waals surface area contributed by atoms with Crippen LogP contribution >= 0.6 is 15.9 Å². The Bertz CT molecular complexity index is 439. The van der Waals surface area contributed by atoms with Crippen molar-refractivity contribution in [1.29, 1.82) is 0 Å². The van der Waals surface area contributed by atoms with Crippen LogP contribution in [-0.4, -0.2) is 49.6 Å². The highest BCUT2D eigenvalue weighted by Gasteiger charge is 2.23. The van der Waals surface area contributed by atoms with E-state index in [0.29, 0.717) is 5.56 Å². The second-order valence-corrected chi connectivity index (χ2v) is 5.49. The fraction of sp³-hybridized carbons (Fsp3) is 0.462. The van der Waals surface area contributed by atoms with Gasteiger partial charge in [-0.15, -0.1) is 0 Å². The molecule has 98 valence electrons. The minimum Gasteiger partial charge on any atom is -0.465 e. The number of rotatable bonds is 2. The zero-order chi connectivity index (χ0) is 13.1. The lowest BCUT2D eigenvalue weighted by molar-refractivity contribution is 0.0601. The molecule has 4 nitrogen and oxygen atoms in total. The third-order valence-corrected chi connectivity index (χ3v) is 3.91. The molecule has 1 aromatic rings. The molecule has 0 radical (unpaired) electrons. The molecule has 0 saturated carbocycles. The molecule has 1 aliphatic rings. The van der Waals surface area contributed by atoms with Crippen LogP contribution in [-0.2, 0) is 4.74 Å². The number of benzene rings is 1. The van der Waals surface area contributed by atoms with Gasteiger partial charge in [0.05, 0.1) is 17.6 Å². The Balaban J connectivity index is 2.20. The first-order valence-corrected chi connectivity index (χ1v) is 6.81. The van der Waals surface area contributed by atoms with E-state index < -0.39 is 0 Å². The van der Waals surface area contributed by atoms with Crippen molar-refractivity contribution in [3.8, 4) is 0 Å². The lowest BCUT2D eigenvalue weighted by atomic mass is 10.1. The normalized spacial score (nSPS) is 20.8. The van der Waals surface area contributed by atoms with Crippen molar-refractivity contribution in [3.05, 3.63) is 29.8 Å². The summed E-state index contributed by atoms with van der Waals surface area (Å²) in [5.41, 5.74) is 1.64. The van der Waals surface area contributed by atoms with Gasteiger partial charge < -0.3 is 14.5 Å². The van der Waals surface area contributed by atoms with Gasteiger partial charge in [-0.3, -0.25) is 0 Å². The second kappa shape index (κ2) is 5.71. The maximum absolute atomic E-state index is 11.5. The molecule has 1 fully saturated rings. The summed E-state index contributed by atoms with van der Waals surface area (Å²) < 4.78 is 4.75. The van der Waals surface area contributed by atoms with Crippen LogP contribution in [0.25, 0.3) is 0 Å². The van der Waals surface area contributed by atoms with E-state index in [-0.39, 0.29) is 10.9 Å². The van der Waals surface area contributed by atoms with Gasteiger partial charge in [-0.25, -0.2) is 4.79 Å². The van der Waals surface area contributed by atoms with E-state index in [0.717, 1.165) is 25.3 Å². The van der Waals surface area contributed by atoms with E-state index in [1.807, 2.05) is 18.2 Å². The first kappa shape index (κ1) is 13.4. The Hall–Kier alpha value is -1.07. The van der Waals surface area contributed by atoms with E-state index in [2.05, 4.69) is 32.8 Å². The van der Waals surface area contributed by atoms with Crippen LogP contribution in [0.15, 0.2) is 24.3 Å². The van der Waals surface area contributed by atoms with E-state index in [1.165, 1.54) is 7.11 Å². The number of carbonyl (C=O) groups is 1. The zero-order valence-corrected chi connectivity index (χ0v) is 12.2. The average molecular weight is 313 g/mol. The van der Waals surface area contributed by atoms with Gasteiger partial charge in [-0.2, -0.15) is 0 Å². The minimum atomic E-state index is -0.294. The summed E-state index contributed by atoms with van der Waals surface area (Å²) in [7, 11) is 3.51. The number of anilines is 1. The first-order chi connectivity index (χ1) is 8.61. The second-order valence-electron chi connectivity index (χ2n) is 4.43. The molecule has 18 heavy (non-hydrogen) atoms. The summed E-state index contributed by atoms with van der Waals surface area (Å²) in [6, 6.07) is 7.56. The monoisotopic (exact) mass is 312 g/mol. The van der Waals surface area contributed by atoms with Crippen LogP contribution in [0.1, 0.15) is 10.4 Å². The number of hydrogen-bond donors (Lipinski definition) is 0. The maximum Gasteiger partial charge on any atom is 0.337 e. The molecule has 1 aromatic carbocycles. The SMILES string of the molecule is COC(=O)c1cccc(N2CCN(C)CC2Br)c1. The van der Waals surface area contributed by atoms with Crippen LogP contribution in [0.2, 0.25) is 0 Å². The zero-order valence-electron chi connectivity index (χ0n) is 10.6. The molecular weight excluding hydrogens is 296 g/mol. The lowest BCUT2D eigenvalue weighted by Gasteiger charge is -2.38. The minimum absolute atomic E-state index is 0.268. The van der Waals surface area contributed by atoms with Gasteiger partial charge in [0.25, 0.3) is 0 Å². The van der Waals surface area contributed by atoms with Crippen molar-refractivity contribution in [1.82, 2.24) is 4.90 Å². The number of nitrogens with zero attached hydrogens (tertiary/aromatic N) is 2. The summed E-state index contributed by atoms with van der Waals surface area (Å²) in [6.45, 7) is 2.92. The number of alkyl halides is 1. The van der Waals surface area contributed by atoms with Crippen molar-refractivity contribution < 1.29 is 9.53 Å². The number of methoxy groups -OCH3 is 1. The summed E-state index contributed by atoms with van der Waals surface area (Å²) in [6.07, 6.45) is 0. The lowest BCUT2D eigenvalue weighted by Crippen LogP contribution is -2.49. The number of halogens is 1. The third-order valence-electron chi connectivity index (χ3n) is 3.12. The molecule has 1 unspecified atom stereocenters. The van der Waals surface area contributed by atoms with Crippen LogP contribution in [0.3, 0.4) is 0 Å². The van der Waals surface area contributed by atoms with Crippen molar-refractivity contribution in [3.63, 3.8) is 0 Å². The summed E-state index contributed by atoms with van der Waals surface area (Å²) in [5, 5.41) is 0. The van der Waals surface area contributed by atoms with Crippen molar-refractivity contribution >= 4 is 27.6 Å². The molecule has 0 spiro atoms. The Morgan fingerprint density at radius 2 is 2.22 bits per heavy atom. The Morgan fingerprint density at radius 1 is 1.44 bits per heavy atom. The highest BCUT2D eigenvalue weighted by Crippen LogP contribution is 2.24. The molecule has 2 rings (SSSR count). The maximum atomic E-state index is 11.5. The van der Waals surface area contributed by atoms with Crippen molar-refractivity contribution in [2.24, 2.45) is 0 Å². The number of carbonyl (C=O) groups excluding carboxylic acids is 1. The molecule has 5 heteroatoms. The van der Waals surface area contributed by atoms with Crippen LogP contribution < -0.4 is 4.90 Å². The highest BCUT2D eigenvalue weighted by molar-refractivity contribution is 9.09. The van der Waals surface area contributed by atoms with Gasteiger partial charge in [-0.05, 0) is 25.2 Å². The molecule has 0 bridgehead atoms. The van der Waals surface area contributed by atoms with E-state index >= 15 is 0 Å². The van der Waals surface area contributed by atoms with Gasteiger partial charge >= 0.3 is 5.97 Å². The van der Waals surface area contributed by atoms with Gasteiger partial charge in [-0.1, -0.05) is 22.0 Å². The van der Waals surface area contributed by atoms with Crippen molar-refractivity contribution in [2.75, 3.05) is 38.7 Å². The number of esters is 1. The molecule has 1 heterocycles. The fourth-order valence-corrected chi connectivity index (χ4v) is 3.02. The summed E-state index contributed by atoms with van der Waals surface area (Å²) in [4.78, 5) is 16.3. The predicted octanol–water partition coefficient (Wildman–Crippen LogP) is 1.95. The van der Waals surface area contributed by atoms with Gasteiger partial charge in [0.1, 0.15) is 0 Å².